The molecule has 0 aliphatic carbocycles. The largest absolute Gasteiger partial charge is 0.480 e. The van der Waals surface area contributed by atoms with Crippen LogP contribution in [0.15, 0.2) is 42.5 Å². The molecule has 0 fully saturated rings. The number of aliphatic carboxylic acids is 1. The maximum absolute atomic E-state index is 12.7. The lowest BCUT2D eigenvalue weighted by molar-refractivity contribution is -0.140. The van der Waals surface area contributed by atoms with Gasteiger partial charge in [0.15, 0.2) is 6.10 Å². The number of nitrogens with one attached hydrogen (secondary N) is 2. The van der Waals surface area contributed by atoms with Crippen LogP contribution in [-0.2, 0) is 16.0 Å². The molecule has 9 nitrogen and oxygen atoms in total. The minimum Gasteiger partial charge on any atom is -0.480 e. The predicted molar refractivity (Wildman–Crippen MR) is 110 cm³/mol. The molecular formula is C21H27N3O6. The van der Waals surface area contributed by atoms with Crippen LogP contribution in [0.5, 0.6) is 0 Å². The first-order valence-electron chi connectivity index (χ1n) is 9.59. The Morgan fingerprint density at radius 1 is 1.03 bits per heavy atom. The van der Waals surface area contributed by atoms with E-state index >= 15 is 0 Å². The summed E-state index contributed by atoms with van der Waals surface area (Å²) in [4.78, 5) is 37.0. The molecule has 0 saturated heterocycles. The fraction of sp³-hybridized carbons (Fsp3) is 0.381. The number of hydrogen-bond acceptors (Lipinski definition) is 5. The van der Waals surface area contributed by atoms with Gasteiger partial charge in [0.2, 0.25) is 0 Å². The van der Waals surface area contributed by atoms with Gasteiger partial charge in [-0.2, -0.15) is 0 Å². The molecule has 1 unspecified atom stereocenters. The second-order valence-corrected chi connectivity index (χ2v) is 7.52. The fourth-order valence-electron chi connectivity index (χ4n) is 3.09. The third-order valence-electron chi connectivity index (χ3n) is 4.53. The van der Waals surface area contributed by atoms with E-state index in [4.69, 9.17) is 5.21 Å². The molecule has 3 amide bonds. The Morgan fingerprint density at radius 2 is 1.70 bits per heavy atom. The van der Waals surface area contributed by atoms with Crippen molar-refractivity contribution in [3.63, 3.8) is 0 Å². The van der Waals surface area contributed by atoms with Crippen LogP contribution >= 0.6 is 0 Å². The summed E-state index contributed by atoms with van der Waals surface area (Å²) in [5.74, 6) is -2.25. The molecule has 0 heterocycles. The van der Waals surface area contributed by atoms with Crippen molar-refractivity contribution in [3.05, 3.63) is 48.0 Å². The Hall–Kier alpha value is -3.17. The average molecular weight is 417 g/mol. The second kappa shape index (κ2) is 10.6. The number of hydroxylamine groups is 1. The average Bonchev–Trinajstić information content (AvgIpc) is 2.71. The molecule has 162 valence electrons. The van der Waals surface area contributed by atoms with Gasteiger partial charge in [0.25, 0.3) is 5.91 Å². The molecular weight excluding hydrogens is 390 g/mol. The molecule has 9 heteroatoms. The van der Waals surface area contributed by atoms with Crippen molar-refractivity contribution in [2.24, 2.45) is 5.92 Å². The number of fused-ring (bicyclic) bond motifs is 1. The van der Waals surface area contributed by atoms with Crippen LogP contribution in [0, 0.1) is 5.92 Å². The predicted octanol–water partition coefficient (Wildman–Crippen LogP) is 1.37. The number of aliphatic hydroxyl groups excluding tert-OH is 1. The third kappa shape index (κ3) is 6.43. The van der Waals surface area contributed by atoms with Crippen LogP contribution in [-0.4, -0.2) is 63.5 Å². The molecule has 0 saturated carbocycles. The summed E-state index contributed by atoms with van der Waals surface area (Å²) in [6.07, 6.45) is -1.58. The summed E-state index contributed by atoms with van der Waals surface area (Å²) >= 11 is 0. The van der Waals surface area contributed by atoms with Gasteiger partial charge in [-0.15, -0.1) is 0 Å². The Balaban J connectivity index is 2.14. The van der Waals surface area contributed by atoms with Gasteiger partial charge < -0.3 is 20.4 Å². The van der Waals surface area contributed by atoms with E-state index in [1.54, 1.807) is 0 Å². The lowest BCUT2D eigenvalue weighted by atomic mass is 10.0. The first-order valence-corrected chi connectivity index (χ1v) is 9.59. The summed E-state index contributed by atoms with van der Waals surface area (Å²) in [6, 6.07) is 11.3. The van der Waals surface area contributed by atoms with Gasteiger partial charge >= 0.3 is 12.0 Å². The maximum Gasteiger partial charge on any atom is 0.326 e. The standard InChI is InChI=1S/C21H27N3O6/c1-13(2)11-24(12-18(25)19(26)23-30)21(29)22-17(20(27)28)10-14-7-8-15-5-3-4-6-16(15)9-14/h3-9,13,17-18,25,30H,10-12H2,1-2H3,(H,22,29)(H,23,26)(H,27,28)/t17-,18?/m0/s1. The van der Waals surface area contributed by atoms with Crippen LogP contribution in [0.25, 0.3) is 10.8 Å². The van der Waals surface area contributed by atoms with Gasteiger partial charge in [-0.1, -0.05) is 56.3 Å². The van der Waals surface area contributed by atoms with Crippen LogP contribution in [0.3, 0.4) is 0 Å². The molecule has 30 heavy (non-hydrogen) atoms. The van der Waals surface area contributed by atoms with Crippen molar-refractivity contribution in [1.29, 1.82) is 0 Å². The molecule has 5 N–H and O–H groups in total. The Kier molecular flexibility index (Phi) is 8.14. The van der Waals surface area contributed by atoms with Gasteiger partial charge in [0.1, 0.15) is 6.04 Å². The van der Waals surface area contributed by atoms with Crippen molar-refractivity contribution in [1.82, 2.24) is 15.7 Å². The number of carboxylic acid groups (broad SMARTS) is 1. The summed E-state index contributed by atoms with van der Waals surface area (Å²) in [5, 5.41) is 32.5. The Labute approximate surface area is 174 Å². The lowest BCUT2D eigenvalue weighted by Gasteiger charge is -2.28. The first-order chi connectivity index (χ1) is 14.2. The zero-order valence-corrected chi connectivity index (χ0v) is 16.9. The maximum atomic E-state index is 12.7. The second-order valence-electron chi connectivity index (χ2n) is 7.52. The molecule has 0 radical (unpaired) electrons. The van der Waals surface area contributed by atoms with E-state index < -0.39 is 36.6 Å². The minimum absolute atomic E-state index is 0.00361. The van der Waals surface area contributed by atoms with Crippen LogP contribution in [0.2, 0.25) is 0 Å². The van der Waals surface area contributed by atoms with E-state index in [1.807, 2.05) is 56.3 Å². The third-order valence-corrected chi connectivity index (χ3v) is 4.53. The number of amides is 3. The molecule has 2 rings (SSSR count). The molecule has 2 aromatic rings. The summed E-state index contributed by atoms with van der Waals surface area (Å²) in [6.45, 7) is 3.47. The van der Waals surface area contributed by atoms with E-state index in [0.717, 1.165) is 21.2 Å². The number of benzene rings is 2. The number of hydrogen-bond donors (Lipinski definition) is 5. The van der Waals surface area contributed by atoms with Gasteiger partial charge in [-0.3, -0.25) is 10.0 Å². The van der Waals surface area contributed by atoms with Crippen molar-refractivity contribution in [2.45, 2.75) is 32.4 Å². The normalized spacial score (nSPS) is 13.0. The minimum atomic E-state index is -1.65. The number of nitrogens with zero attached hydrogens (tertiary/aromatic N) is 1. The highest BCUT2D eigenvalue weighted by Crippen LogP contribution is 2.17. The highest BCUT2D eigenvalue weighted by molar-refractivity contribution is 5.85. The SMILES string of the molecule is CC(C)CN(CC(O)C(=O)NO)C(=O)N[C@@H](Cc1ccc2ccccc2c1)C(=O)O. The summed E-state index contributed by atoms with van der Waals surface area (Å²) in [7, 11) is 0. The monoisotopic (exact) mass is 417 g/mol. The van der Waals surface area contributed by atoms with E-state index in [9.17, 15) is 24.6 Å². The van der Waals surface area contributed by atoms with Gasteiger partial charge in [-0.25, -0.2) is 15.1 Å². The number of carbonyl (C=O) groups excluding carboxylic acids is 2. The smallest absolute Gasteiger partial charge is 0.326 e. The van der Waals surface area contributed by atoms with Crippen LogP contribution in [0.4, 0.5) is 4.79 Å². The first kappa shape index (κ1) is 23.1. The highest BCUT2D eigenvalue weighted by Gasteiger charge is 2.27. The van der Waals surface area contributed by atoms with Crippen molar-refractivity contribution >= 4 is 28.7 Å². The van der Waals surface area contributed by atoms with Crippen molar-refractivity contribution in [3.8, 4) is 0 Å². The molecule has 0 bridgehead atoms. The van der Waals surface area contributed by atoms with Gasteiger partial charge in [0, 0.05) is 13.0 Å². The topological polar surface area (TPSA) is 139 Å². The van der Waals surface area contributed by atoms with E-state index in [0.29, 0.717) is 0 Å². The number of rotatable bonds is 9. The summed E-state index contributed by atoms with van der Waals surface area (Å²) < 4.78 is 0. The molecule has 0 aromatic heterocycles. The van der Waals surface area contributed by atoms with Gasteiger partial charge in [0.05, 0.1) is 6.54 Å². The van der Waals surface area contributed by atoms with E-state index in [1.165, 1.54) is 5.48 Å². The number of carbonyl (C=O) groups is 3. The fourth-order valence-corrected chi connectivity index (χ4v) is 3.09. The van der Waals surface area contributed by atoms with Crippen molar-refractivity contribution < 1.29 is 29.8 Å². The van der Waals surface area contributed by atoms with E-state index in [-0.39, 0.29) is 18.9 Å². The number of aliphatic hydroxyl groups is 1. The molecule has 2 aromatic carbocycles. The Bertz CT molecular complexity index is 901. The molecule has 0 spiro atoms. The number of urea groups is 1. The number of carboxylic acids is 1. The van der Waals surface area contributed by atoms with Gasteiger partial charge in [-0.05, 0) is 22.3 Å². The quantitative estimate of drug-likeness (QED) is 0.308. The lowest BCUT2D eigenvalue weighted by Crippen LogP contribution is -2.53. The zero-order valence-electron chi connectivity index (χ0n) is 16.9. The van der Waals surface area contributed by atoms with Crippen LogP contribution < -0.4 is 10.8 Å². The van der Waals surface area contributed by atoms with Crippen molar-refractivity contribution in [2.75, 3.05) is 13.1 Å². The zero-order chi connectivity index (χ0) is 22.3. The Morgan fingerprint density at radius 3 is 2.30 bits per heavy atom. The molecule has 0 aliphatic rings. The molecule has 0 aliphatic heterocycles. The summed E-state index contributed by atoms with van der Waals surface area (Å²) in [5.41, 5.74) is 2.07. The molecule has 2 atom stereocenters. The van der Waals surface area contributed by atoms with E-state index in [2.05, 4.69) is 5.32 Å². The van der Waals surface area contributed by atoms with Crippen LogP contribution in [0.1, 0.15) is 19.4 Å². The highest BCUT2D eigenvalue weighted by atomic mass is 16.5.